The third-order valence-electron chi connectivity index (χ3n) is 6.91. The molecule has 2 aliphatic heterocycles. The first-order valence-corrected chi connectivity index (χ1v) is 11.2. The van der Waals surface area contributed by atoms with Crippen LogP contribution in [-0.2, 0) is 11.8 Å². The summed E-state index contributed by atoms with van der Waals surface area (Å²) in [5, 5.41) is 9.87. The Morgan fingerprint density at radius 1 is 1.24 bits per heavy atom. The summed E-state index contributed by atoms with van der Waals surface area (Å²) in [5.74, 6) is 1.82. The Morgan fingerprint density at radius 2 is 2.14 bits per heavy atom. The normalized spacial score (nSPS) is 24.7. The number of anilines is 1. The number of rotatable bonds is 5. The van der Waals surface area contributed by atoms with E-state index in [1.165, 1.54) is 56.5 Å². The first-order chi connectivity index (χ1) is 14.2. The van der Waals surface area contributed by atoms with Crippen molar-refractivity contribution in [1.82, 2.24) is 19.9 Å². The van der Waals surface area contributed by atoms with Crippen molar-refractivity contribution < 1.29 is 5.11 Å². The van der Waals surface area contributed by atoms with E-state index in [2.05, 4.69) is 21.7 Å². The van der Waals surface area contributed by atoms with Gasteiger partial charge in [0.25, 0.3) is 0 Å². The maximum Gasteiger partial charge on any atom is 0.163 e. The summed E-state index contributed by atoms with van der Waals surface area (Å²) in [6.07, 6.45) is 10.6. The van der Waals surface area contributed by atoms with Crippen LogP contribution in [0.2, 0.25) is 0 Å². The van der Waals surface area contributed by atoms with Gasteiger partial charge in [0.05, 0.1) is 11.8 Å². The van der Waals surface area contributed by atoms with Gasteiger partial charge < -0.3 is 14.9 Å². The largest absolute Gasteiger partial charge is 0.389 e. The number of β-amino-alcohol motifs (C(OH)–C–C–N with tert-alkyl or cyclic N) is 1. The maximum absolute atomic E-state index is 9.87. The van der Waals surface area contributed by atoms with Crippen molar-refractivity contribution in [3.63, 3.8) is 0 Å². The molecule has 1 atom stereocenters. The van der Waals surface area contributed by atoms with E-state index < -0.39 is 0 Å². The zero-order valence-electron chi connectivity index (χ0n) is 17.3. The van der Waals surface area contributed by atoms with Gasteiger partial charge in [0.2, 0.25) is 0 Å². The number of hydrogen-bond acceptors (Lipinski definition) is 6. The third kappa shape index (κ3) is 3.42. The molecular weight excluding hydrogens is 362 g/mol. The molecule has 6 heteroatoms. The number of aliphatic hydroxyl groups excluding tert-OH is 1. The molecule has 0 radical (unpaired) electrons. The number of unbranched alkanes of at least 4 members (excludes halogenated alkanes) is 1. The van der Waals surface area contributed by atoms with Crippen LogP contribution in [0.3, 0.4) is 0 Å². The molecule has 1 N–H and O–H groups in total. The average Bonchev–Trinajstić information content (AvgIpc) is 3.08. The van der Waals surface area contributed by atoms with Crippen LogP contribution in [0.25, 0.3) is 11.4 Å². The predicted molar refractivity (Wildman–Crippen MR) is 114 cm³/mol. The van der Waals surface area contributed by atoms with Crippen LogP contribution in [0.1, 0.15) is 50.3 Å². The van der Waals surface area contributed by atoms with Crippen LogP contribution >= 0.6 is 0 Å². The summed E-state index contributed by atoms with van der Waals surface area (Å²) >= 11 is 0. The second kappa shape index (κ2) is 7.65. The fourth-order valence-electron chi connectivity index (χ4n) is 5.33. The van der Waals surface area contributed by atoms with E-state index in [0.717, 1.165) is 30.2 Å². The monoisotopic (exact) mass is 393 g/mol. The number of nitrogens with zero attached hydrogens (tertiary/aromatic N) is 5. The lowest BCUT2D eigenvalue weighted by Crippen LogP contribution is -2.51. The number of pyridine rings is 1. The van der Waals surface area contributed by atoms with Gasteiger partial charge >= 0.3 is 0 Å². The highest BCUT2D eigenvalue weighted by molar-refractivity contribution is 5.63. The number of likely N-dealkylation sites (tertiary alicyclic amines) is 1. The first kappa shape index (κ1) is 18.9. The minimum Gasteiger partial charge on any atom is -0.389 e. The zero-order valence-corrected chi connectivity index (χ0v) is 17.3. The van der Waals surface area contributed by atoms with Gasteiger partial charge in [0, 0.05) is 48.6 Å². The Labute approximate surface area is 173 Å². The van der Waals surface area contributed by atoms with E-state index in [1.54, 1.807) is 6.20 Å². The molecule has 2 fully saturated rings. The average molecular weight is 394 g/mol. The SMILES string of the molecule is CCCCN1CCCC2(CCc3c(N4CC(O)C4)nc(-c4cccnc4)nc32)C1. The van der Waals surface area contributed by atoms with Crippen molar-refractivity contribution in [2.75, 3.05) is 37.6 Å². The quantitative estimate of drug-likeness (QED) is 0.843. The van der Waals surface area contributed by atoms with Crippen LogP contribution in [0.4, 0.5) is 5.82 Å². The molecule has 6 nitrogen and oxygen atoms in total. The highest BCUT2D eigenvalue weighted by atomic mass is 16.3. The lowest BCUT2D eigenvalue weighted by Gasteiger charge is -2.41. The molecule has 154 valence electrons. The lowest BCUT2D eigenvalue weighted by molar-refractivity contribution is 0.140. The van der Waals surface area contributed by atoms with Gasteiger partial charge in [-0.3, -0.25) is 4.98 Å². The van der Waals surface area contributed by atoms with Crippen LogP contribution in [0.15, 0.2) is 24.5 Å². The van der Waals surface area contributed by atoms with Crippen LogP contribution in [-0.4, -0.2) is 63.8 Å². The van der Waals surface area contributed by atoms with Crippen LogP contribution in [0, 0.1) is 0 Å². The van der Waals surface area contributed by atoms with Crippen LogP contribution in [0.5, 0.6) is 0 Å². The lowest BCUT2D eigenvalue weighted by atomic mass is 9.77. The number of fused-ring (bicyclic) bond motifs is 2. The van der Waals surface area contributed by atoms with Gasteiger partial charge in [0.1, 0.15) is 5.82 Å². The van der Waals surface area contributed by atoms with Gasteiger partial charge in [-0.2, -0.15) is 0 Å². The molecule has 5 rings (SSSR count). The Bertz CT molecular complexity index is 867. The van der Waals surface area contributed by atoms with Gasteiger partial charge in [-0.05, 0) is 57.3 Å². The van der Waals surface area contributed by atoms with E-state index in [9.17, 15) is 5.11 Å². The number of hydrogen-bond donors (Lipinski definition) is 1. The molecule has 2 saturated heterocycles. The minimum absolute atomic E-state index is 0.152. The molecule has 1 aliphatic carbocycles. The van der Waals surface area contributed by atoms with E-state index in [1.807, 2.05) is 18.3 Å². The Hall–Kier alpha value is -2.05. The highest BCUT2D eigenvalue weighted by Crippen LogP contribution is 2.47. The van der Waals surface area contributed by atoms with Gasteiger partial charge in [-0.15, -0.1) is 0 Å². The maximum atomic E-state index is 9.87. The van der Waals surface area contributed by atoms with Gasteiger partial charge in [-0.1, -0.05) is 13.3 Å². The summed E-state index contributed by atoms with van der Waals surface area (Å²) in [4.78, 5) is 19.3. The smallest absolute Gasteiger partial charge is 0.163 e. The van der Waals surface area contributed by atoms with E-state index >= 15 is 0 Å². The molecule has 2 aromatic rings. The molecule has 0 saturated carbocycles. The molecule has 0 bridgehead atoms. The Balaban J connectivity index is 1.55. The summed E-state index contributed by atoms with van der Waals surface area (Å²) in [6, 6.07) is 3.99. The van der Waals surface area contributed by atoms with E-state index in [-0.39, 0.29) is 11.5 Å². The van der Waals surface area contributed by atoms with Gasteiger partial charge in [0.15, 0.2) is 5.82 Å². The second-order valence-corrected chi connectivity index (χ2v) is 9.01. The highest BCUT2D eigenvalue weighted by Gasteiger charge is 2.46. The number of aromatic nitrogens is 3. The second-order valence-electron chi connectivity index (χ2n) is 9.01. The van der Waals surface area contributed by atoms with Crippen molar-refractivity contribution >= 4 is 5.82 Å². The summed E-state index contributed by atoms with van der Waals surface area (Å²) in [5.41, 5.74) is 3.71. The molecule has 4 heterocycles. The molecule has 29 heavy (non-hydrogen) atoms. The minimum atomic E-state index is -0.239. The summed E-state index contributed by atoms with van der Waals surface area (Å²) in [7, 11) is 0. The molecule has 2 aromatic heterocycles. The molecule has 3 aliphatic rings. The molecular formula is C23H31N5O. The van der Waals surface area contributed by atoms with Crippen molar-refractivity contribution in [2.45, 2.75) is 57.0 Å². The summed E-state index contributed by atoms with van der Waals surface area (Å²) < 4.78 is 0. The fourth-order valence-corrected chi connectivity index (χ4v) is 5.33. The molecule has 0 aromatic carbocycles. The van der Waals surface area contributed by atoms with Crippen molar-refractivity contribution in [1.29, 1.82) is 0 Å². The number of aliphatic hydroxyl groups is 1. The van der Waals surface area contributed by atoms with Crippen molar-refractivity contribution in [2.24, 2.45) is 0 Å². The van der Waals surface area contributed by atoms with Gasteiger partial charge in [-0.25, -0.2) is 9.97 Å². The van der Waals surface area contributed by atoms with E-state index in [0.29, 0.717) is 13.1 Å². The molecule has 0 amide bonds. The summed E-state index contributed by atoms with van der Waals surface area (Å²) in [6.45, 7) is 7.14. The first-order valence-electron chi connectivity index (χ1n) is 11.2. The predicted octanol–water partition coefficient (Wildman–Crippen LogP) is 2.80. The third-order valence-corrected chi connectivity index (χ3v) is 6.91. The van der Waals surface area contributed by atoms with Crippen molar-refractivity contribution in [3.05, 3.63) is 35.8 Å². The fraction of sp³-hybridized carbons (Fsp3) is 0.609. The van der Waals surface area contributed by atoms with Crippen LogP contribution < -0.4 is 4.90 Å². The Morgan fingerprint density at radius 3 is 2.90 bits per heavy atom. The zero-order chi connectivity index (χ0) is 19.8. The molecule has 1 unspecified atom stereocenters. The van der Waals surface area contributed by atoms with E-state index in [4.69, 9.17) is 9.97 Å². The number of piperidine rings is 1. The molecule has 1 spiro atoms. The standard InChI is InChI=1S/C23H31N5O/c1-2-3-11-27-12-5-8-23(16-27)9-7-19-20(23)25-21(17-6-4-10-24-13-17)26-22(19)28-14-18(29)15-28/h4,6,10,13,18,29H,2-3,5,7-9,11-12,14-16H2,1H3. The topological polar surface area (TPSA) is 65.4 Å². The Kier molecular flexibility index (Phi) is 5.00. The van der Waals surface area contributed by atoms with Crippen molar-refractivity contribution in [3.8, 4) is 11.4 Å².